The molecule has 0 N–H and O–H groups in total. The fourth-order valence-electron chi connectivity index (χ4n) is 3.57. The first-order chi connectivity index (χ1) is 16.0. The summed E-state index contributed by atoms with van der Waals surface area (Å²) < 4.78 is 15.2. The number of halogens is 2. The molecule has 33 heavy (non-hydrogen) atoms. The quantitative estimate of drug-likeness (QED) is 0.239. The summed E-state index contributed by atoms with van der Waals surface area (Å²) in [5.74, 6) is 1.03. The molecule has 0 atom stereocenters. The molecule has 0 bridgehead atoms. The van der Waals surface area contributed by atoms with Crippen LogP contribution in [-0.4, -0.2) is 16.0 Å². The Balaban J connectivity index is 1.52. The van der Waals surface area contributed by atoms with Crippen molar-refractivity contribution in [3.05, 3.63) is 95.3 Å². The first-order valence-corrected chi connectivity index (χ1v) is 12.6. The van der Waals surface area contributed by atoms with E-state index in [0.717, 1.165) is 25.7 Å². The summed E-state index contributed by atoms with van der Waals surface area (Å²) in [4.78, 5) is 18.3. The van der Waals surface area contributed by atoms with E-state index in [9.17, 15) is 4.79 Å². The summed E-state index contributed by atoms with van der Waals surface area (Å²) in [6, 6.07) is 19.4. The van der Waals surface area contributed by atoms with Gasteiger partial charge in [-0.1, -0.05) is 47.2 Å². The monoisotopic (exact) mass is 588 g/mol. The van der Waals surface area contributed by atoms with Crippen LogP contribution in [0.25, 0.3) is 22.1 Å². The molecule has 5 aromatic rings. The molecule has 0 unspecified atom stereocenters. The summed E-state index contributed by atoms with van der Waals surface area (Å²) >= 11 is 10.2. The minimum atomic E-state index is -0.100. The fourth-order valence-corrected chi connectivity index (χ4v) is 5.19. The predicted octanol–water partition coefficient (Wildman–Crippen LogP) is 5.69. The van der Waals surface area contributed by atoms with Crippen molar-refractivity contribution in [2.24, 2.45) is 0 Å². The Labute approximate surface area is 212 Å². The van der Waals surface area contributed by atoms with Crippen molar-refractivity contribution < 1.29 is 9.47 Å². The second-order valence-corrected chi connectivity index (χ2v) is 9.97. The van der Waals surface area contributed by atoms with Crippen molar-refractivity contribution in [3.8, 4) is 11.5 Å². The SMILES string of the molecule is CCOc1cc(/C=c2\sc3nc4ccccc4n3c2=O)cc(Cl)c1OCc1ccc(I)cc1. The fraction of sp³-hybridized carbons (Fsp3) is 0.120. The smallest absolute Gasteiger partial charge is 0.274 e. The third-order valence-corrected chi connectivity index (χ3v) is 7.04. The van der Waals surface area contributed by atoms with Crippen LogP contribution in [0.2, 0.25) is 5.02 Å². The Hall–Kier alpha value is -2.62. The Morgan fingerprint density at radius 3 is 2.70 bits per heavy atom. The number of ether oxygens (including phenoxy) is 2. The van der Waals surface area contributed by atoms with Gasteiger partial charge in [-0.2, -0.15) is 0 Å². The lowest BCUT2D eigenvalue weighted by molar-refractivity contribution is 0.269. The molecular weight excluding hydrogens is 571 g/mol. The first-order valence-electron chi connectivity index (χ1n) is 10.3. The second kappa shape index (κ2) is 9.32. The molecule has 5 nitrogen and oxygen atoms in total. The maximum atomic E-state index is 13.1. The van der Waals surface area contributed by atoms with Gasteiger partial charge in [0.05, 0.1) is 27.2 Å². The van der Waals surface area contributed by atoms with Crippen LogP contribution >= 0.6 is 45.5 Å². The molecule has 0 aliphatic heterocycles. The van der Waals surface area contributed by atoms with Gasteiger partial charge in [-0.05, 0) is 83.1 Å². The number of benzene rings is 3. The number of aromatic nitrogens is 2. The van der Waals surface area contributed by atoms with Crippen LogP contribution in [0.15, 0.2) is 65.5 Å². The van der Waals surface area contributed by atoms with Gasteiger partial charge < -0.3 is 9.47 Å². The molecule has 2 aromatic heterocycles. The number of hydrogen-bond donors (Lipinski definition) is 0. The van der Waals surface area contributed by atoms with Crippen molar-refractivity contribution in [2.75, 3.05) is 6.61 Å². The predicted molar refractivity (Wildman–Crippen MR) is 142 cm³/mol. The van der Waals surface area contributed by atoms with Gasteiger partial charge in [0, 0.05) is 3.57 Å². The van der Waals surface area contributed by atoms with E-state index in [2.05, 4.69) is 27.6 Å². The van der Waals surface area contributed by atoms with E-state index in [0.29, 0.717) is 39.2 Å². The van der Waals surface area contributed by atoms with Gasteiger partial charge >= 0.3 is 0 Å². The molecule has 3 aromatic carbocycles. The van der Waals surface area contributed by atoms with Gasteiger partial charge in [-0.3, -0.25) is 4.79 Å². The Kier molecular flexibility index (Phi) is 6.27. The Morgan fingerprint density at radius 1 is 1.12 bits per heavy atom. The highest BCUT2D eigenvalue weighted by Crippen LogP contribution is 2.37. The topological polar surface area (TPSA) is 52.8 Å². The van der Waals surface area contributed by atoms with Crippen LogP contribution in [0.5, 0.6) is 11.5 Å². The average molecular weight is 589 g/mol. The lowest BCUT2D eigenvalue weighted by Gasteiger charge is -2.14. The first kappa shape index (κ1) is 22.2. The standard InChI is InChI=1S/C25H18ClIN2O3S/c1-2-31-21-12-16(11-18(26)23(21)32-14-15-7-9-17(27)10-8-15)13-22-24(30)29-20-6-4-3-5-19(20)28-25(29)33-22/h3-13H,2,14H2,1H3/b22-13-. The number of fused-ring (bicyclic) bond motifs is 3. The Morgan fingerprint density at radius 2 is 1.91 bits per heavy atom. The third-order valence-electron chi connectivity index (χ3n) is 5.07. The van der Waals surface area contributed by atoms with Crippen LogP contribution < -0.4 is 19.6 Å². The van der Waals surface area contributed by atoms with Gasteiger partial charge in [0.15, 0.2) is 16.5 Å². The molecule has 166 valence electrons. The molecule has 0 aliphatic carbocycles. The highest BCUT2D eigenvalue weighted by Gasteiger charge is 2.14. The molecule has 0 saturated heterocycles. The second-order valence-electron chi connectivity index (χ2n) is 7.31. The van der Waals surface area contributed by atoms with E-state index in [1.807, 2.05) is 67.6 Å². The van der Waals surface area contributed by atoms with E-state index < -0.39 is 0 Å². The maximum absolute atomic E-state index is 13.1. The number of rotatable bonds is 6. The molecule has 0 spiro atoms. The van der Waals surface area contributed by atoms with Crippen molar-refractivity contribution in [1.29, 1.82) is 0 Å². The molecular formula is C25H18ClIN2O3S. The summed E-state index contributed by atoms with van der Waals surface area (Å²) in [5, 5.41) is 0.428. The number of para-hydroxylation sites is 2. The molecule has 2 heterocycles. The van der Waals surface area contributed by atoms with Crippen molar-refractivity contribution >= 4 is 67.6 Å². The number of nitrogens with zero attached hydrogens (tertiary/aromatic N) is 2. The van der Waals surface area contributed by atoms with Gasteiger partial charge in [0.25, 0.3) is 5.56 Å². The van der Waals surface area contributed by atoms with Gasteiger partial charge in [0.1, 0.15) is 6.61 Å². The molecule has 0 amide bonds. The molecule has 0 fully saturated rings. The van der Waals surface area contributed by atoms with Crippen molar-refractivity contribution in [2.45, 2.75) is 13.5 Å². The normalized spacial score (nSPS) is 12.0. The molecule has 0 aliphatic rings. The summed E-state index contributed by atoms with van der Waals surface area (Å²) in [5.41, 5.74) is 3.31. The zero-order valence-electron chi connectivity index (χ0n) is 17.5. The van der Waals surface area contributed by atoms with E-state index in [-0.39, 0.29) is 5.56 Å². The lowest BCUT2D eigenvalue weighted by atomic mass is 10.2. The van der Waals surface area contributed by atoms with Gasteiger partial charge in [-0.25, -0.2) is 9.38 Å². The van der Waals surface area contributed by atoms with Crippen LogP contribution in [-0.2, 0) is 6.61 Å². The third kappa shape index (κ3) is 4.45. The maximum Gasteiger partial charge on any atom is 0.274 e. The van der Waals surface area contributed by atoms with E-state index in [1.165, 1.54) is 11.3 Å². The van der Waals surface area contributed by atoms with Crippen LogP contribution in [0.1, 0.15) is 18.1 Å². The van der Waals surface area contributed by atoms with Gasteiger partial charge in [-0.15, -0.1) is 0 Å². The Bertz CT molecular complexity index is 1580. The summed E-state index contributed by atoms with van der Waals surface area (Å²) in [7, 11) is 0. The molecule has 5 rings (SSSR count). The molecule has 0 radical (unpaired) electrons. The summed E-state index contributed by atoms with van der Waals surface area (Å²) in [6.45, 7) is 2.74. The van der Waals surface area contributed by atoms with Crippen LogP contribution in [0, 0.1) is 3.57 Å². The molecule has 8 heteroatoms. The van der Waals surface area contributed by atoms with Crippen LogP contribution in [0.4, 0.5) is 0 Å². The summed E-state index contributed by atoms with van der Waals surface area (Å²) in [6.07, 6.45) is 1.81. The minimum Gasteiger partial charge on any atom is -0.490 e. The van der Waals surface area contributed by atoms with E-state index >= 15 is 0 Å². The average Bonchev–Trinajstić information content (AvgIpc) is 3.31. The number of imidazole rings is 1. The van der Waals surface area contributed by atoms with E-state index in [1.54, 1.807) is 10.5 Å². The highest BCUT2D eigenvalue weighted by molar-refractivity contribution is 14.1. The number of thiazole rings is 1. The molecule has 0 saturated carbocycles. The lowest BCUT2D eigenvalue weighted by Crippen LogP contribution is -2.22. The minimum absolute atomic E-state index is 0.100. The zero-order chi connectivity index (χ0) is 22.9. The zero-order valence-corrected chi connectivity index (χ0v) is 21.3. The van der Waals surface area contributed by atoms with Gasteiger partial charge in [0.2, 0.25) is 0 Å². The largest absolute Gasteiger partial charge is 0.490 e. The van der Waals surface area contributed by atoms with E-state index in [4.69, 9.17) is 21.1 Å². The van der Waals surface area contributed by atoms with Crippen molar-refractivity contribution in [3.63, 3.8) is 0 Å². The van der Waals surface area contributed by atoms with Crippen LogP contribution in [0.3, 0.4) is 0 Å². The van der Waals surface area contributed by atoms with Crippen molar-refractivity contribution in [1.82, 2.24) is 9.38 Å². The number of hydrogen-bond acceptors (Lipinski definition) is 5. The highest BCUT2D eigenvalue weighted by atomic mass is 127.